The van der Waals surface area contributed by atoms with Gasteiger partial charge in [-0.2, -0.15) is 0 Å². The minimum absolute atomic E-state index is 0.0623. The third-order valence-corrected chi connectivity index (χ3v) is 5.08. The van der Waals surface area contributed by atoms with Gasteiger partial charge in [-0.05, 0) is 35.6 Å². The third kappa shape index (κ3) is 4.60. The average molecular weight is 371 g/mol. The van der Waals surface area contributed by atoms with Gasteiger partial charge in [-0.25, -0.2) is 0 Å². The Kier molecular flexibility index (Phi) is 5.41. The van der Waals surface area contributed by atoms with Gasteiger partial charge in [-0.15, -0.1) is 0 Å². The summed E-state index contributed by atoms with van der Waals surface area (Å²) in [4.78, 5) is 33.9. The summed E-state index contributed by atoms with van der Waals surface area (Å²) in [5.74, 6) is -1.10. The van der Waals surface area contributed by atoms with Crippen molar-refractivity contribution in [3.63, 3.8) is 0 Å². The number of aliphatic hydroxyl groups excluding tert-OH is 1. The molecule has 2 aromatic heterocycles. The quantitative estimate of drug-likeness (QED) is 0.804. The Bertz CT molecular complexity index is 847. The Balaban J connectivity index is 1.67. The van der Waals surface area contributed by atoms with Gasteiger partial charge in [0.2, 0.25) is 5.91 Å². The molecule has 0 aromatic carbocycles. The van der Waals surface area contributed by atoms with Gasteiger partial charge in [0.15, 0.2) is 0 Å². The monoisotopic (exact) mass is 371 g/mol. The lowest BCUT2D eigenvalue weighted by atomic mass is 9.85. The number of rotatable bonds is 6. The molecule has 3 heterocycles. The van der Waals surface area contributed by atoms with Crippen molar-refractivity contribution in [2.24, 2.45) is 11.3 Å². The topological polar surface area (TPSA) is 104 Å². The Morgan fingerprint density at radius 3 is 2.70 bits per heavy atom. The van der Waals surface area contributed by atoms with E-state index >= 15 is 0 Å². The zero-order valence-corrected chi connectivity index (χ0v) is 15.6. The molecule has 1 aliphatic rings. The van der Waals surface area contributed by atoms with E-state index in [0.29, 0.717) is 13.0 Å². The zero-order chi connectivity index (χ0) is 19.6. The van der Waals surface area contributed by atoms with E-state index < -0.39 is 17.5 Å². The van der Waals surface area contributed by atoms with Gasteiger partial charge in [-0.3, -0.25) is 19.6 Å². The number of aliphatic carboxylic acids is 1. The molecule has 1 fully saturated rings. The number of nitrogens with zero attached hydrogens (tertiary/aromatic N) is 3. The Labute approximate surface area is 158 Å². The number of carbonyl (C=O) groups excluding carboxylic acids is 1. The summed E-state index contributed by atoms with van der Waals surface area (Å²) in [5.41, 5.74) is 2.02. The maximum Gasteiger partial charge on any atom is 0.303 e. The summed E-state index contributed by atoms with van der Waals surface area (Å²) in [5, 5.41) is 19.4. The van der Waals surface area contributed by atoms with Gasteiger partial charge in [0, 0.05) is 37.8 Å². The number of carboxylic acids is 1. The molecule has 0 saturated carbocycles. The number of β-amino-alcohol motifs (C(OH)–C–C–N with tert-alkyl or cyclic N) is 1. The predicted octanol–water partition coefficient (Wildman–Crippen LogP) is 1.88. The Hall–Kier alpha value is -2.54. The average Bonchev–Trinajstić information content (AvgIpc) is 2.94. The summed E-state index contributed by atoms with van der Waals surface area (Å²) in [7, 11) is 0. The first-order valence-corrected chi connectivity index (χ1v) is 9.11. The number of hydrogen-bond acceptors (Lipinski definition) is 5. The summed E-state index contributed by atoms with van der Waals surface area (Å²) >= 11 is 0. The van der Waals surface area contributed by atoms with Crippen molar-refractivity contribution in [1.82, 2.24) is 14.9 Å². The molecule has 1 saturated heterocycles. The molecule has 144 valence electrons. The molecule has 0 unspecified atom stereocenters. The van der Waals surface area contributed by atoms with Gasteiger partial charge in [0.25, 0.3) is 0 Å². The lowest BCUT2D eigenvalue weighted by molar-refractivity contribution is -0.140. The lowest BCUT2D eigenvalue weighted by Crippen LogP contribution is -2.34. The fourth-order valence-corrected chi connectivity index (χ4v) is 3.73. The first-order valence-electron chi connectivity index (χ1n) is 9.11. The number of aliphatic hydroxyl groups is 1. The van der Waals surface area contributed by atoms with Crippen LogP contribution < -0.4 is 0 Å². The van der Waals surface area contributed by atoms with E-state index in [1.165, 1.54) is 0 Å². The Morgan fingerprint density at radius 1 is 1.19 bits per heavy atom. The SMILES string of the molecule is CC(C)(CC(=O)O)CC(=O)N1C[C@@H](Cc2ccnc3cccnc23)[C@@H](O)C1. The largest absolute Gasteiger partial charge is 0.481 e. The van der Waals surface area contributed by atoms with Crippen LogP contribution in [0.5, 0.6) is 0 Å². The number of amides is 1. The zero-order valence-electron chi connectivity index (χ0n) is 15.6. The molecule has 2 atom stereocenters. The summed E-state index contributed by atoms with van der Waals surface area (Å²) in [6, 6.07) is 5.64. The van der Waals surface area contributed by atoms with Crippen LogP contribution in [0, 0.1) is 11.3 Å². The normalized spacial score (nSPS) is 20.2. The second-order valence-corrected chi connectivity index (χ2v) is 8.08. The van der Waals surface area contributed by atoms with Gasteiger partial charge >= 0.3 is 5.97 Å². The third-order valence-electron chi connectivity index (χ3n) is 5.08. The highest BCUT2D eigenvalue weighted by molar-refractivity contribution is 5.79. The molecule has 2 N–H and O–H groups in total. The van der Waals surface area contributed by atoms with Gasteiger partial charge in [-0.1, -0.05) is 13.8 Å². The molecule has 3 rings (SSSR count). The highest BCUT2D eigenvalue weighted by Crippen LogP contribution is 2.29. The number of likely N-dealkylation sites (tertiary alicyclic amines) is 1. The molecule has 27 heavy (non-hydrogen) atoms. The molecule has 7 nitrogen and oxygen atoms in total. The number of fused-ring (bicyclic) bond motifs is 1. The predicted molar refractivity (Wildman–Crippen MR) is 100.0 cm³/mol. The van der Waals surface area contributed by atoms with Gasteiger partial charge < -0.3 is 15.1 Å². The first kappa shape index (κ1) is 19.2. The van der Waals surface area contributed by atoms with Crippen molar-refractivity contribution in [3.05, 3.63) is 36.2 Å². The molecule has 0 radical (unpaired) electrons. The van der Waals surface area contributed by atoms with Crippen LogP contribution in [0.2, 0.25) is 0 Å². The van der Waals surface area contributed by atoms with E-state index in [4.69, 9.17) is 5.11 Å². The number of aromatic nitrogens is 2. The van der Waals surface area contributed by atoms with Crippen LogP contribution in [0.4, 0.5) is 0 Å². The van der Waals surface area contributed by atoms with Crippen LogP contribution in [-0.2, 0) is 16.0 Å². The summed E-state index contributed by atoms with van der Waals surface area (Å²) in [6.45, 7) is 4.29. The Morgan fingerprint density at radius 2 is 1.96 bits per heavy atom. The van der Waals surface area contributed by atoms with Gasteiger partial charge in [0.05, 0.1) is 23.6 Å². The van der Waals surface area contributed by atoms with E-state index in [2.05, 4.69) is 9.97 Å². The standard InChI is InChI=1S/C20H25N3O4/c1-20(2,10-18(26)27)9-17(25)23-11-14(16(24)12-23)8-13-5-7-21-15-4-3-6-22-19(13)15/h3-7,14,16,24H,8-12H2,1-2H3,(H,26,27)/t14-,16+/m1/s1. The van der Waals surface area contributed by atoms with Crippen LogP contribution >= 0.6 is 0 Å². The lowest BCUT2D eigenvalue weighted by Gasteiger charge is -2.25. The molecule has 2 aromatic rings. The summed E-state index contributed by atoms with van der Waals surface area (Å²) < 4.78 is 0. The second kappa shape index (κ2) is 7.60. The maximum absolute atomic E-state index is 12.6. The minimum Gasteiger partial charge on any atom is -0.481 e. The molecular weight excluding hydrogens is 346 g/mol. The van der Waals surface area contributed by atoms with Crippen molar-refractivity contribution in [2.75, 3.05) is 13.1 Å². The number of pyridine rings is 2. The van der Waals surface area contributed by atoms with Crippen LogP contribution in [0.25, 0.3) is 11.0 Å². The smallest absolute Gasteiger partial charge is 0.303 e. The van der Waals surface area contributed by atoms with Crippen molar-refractivity contribution in [2.45, 2.75) is 39.2 Å². The highest BCUT2D eigenvalue weighted by Gasteiger charge is 2.36. The van der Waals surface area contributed by atoms with E-state index in [1.54, 1.807) is 31.1 Å². The first-order chi connectivity index (χ1) is 12.7. The number of hydrogen-bond donors (Lipinski definition) is 2. The molecule has 7 heteroatoms. The van der Waals surface area contributed by atoms with E-state index in [-0.39, 0.29) is 31.2 Å². The minimum atomic E-state index is -0.913. The molecule has 0 aliphatic carbocycles. The van der Waals surface area contributed by atoms with E-state index in [9.17, 15) is 14.7 Å². The molecule has 1 aliphatic heterocycles. The fourth-order valence-electron chi connectivity index (χ4n) is 3.73. The summed E-state index contributed by atoms with van der Waals surface area (Å²) in [6.07, 6.45) is 3.55. The van der Waals surface area contributed by atoms with Crippen molar-refractivity contribution in [1.29, 1.82) is 0 Å². The van der Waals surface area contributed by atoms with E-state index in [1.807, 2.05) is 18.2 Å². The maximum atomic E-state index is 12.6. The van der Waals surface area contributed by atoms with Crippen LogP contribution in [0.3, 0.4) is 0 Å². The van der Waals surface area contributed by atoms with Crippen molar-refractivity contribution < 1.29 is 19.8 Å². The van der Waals surface area contributed by atoms with Crippen LogP contribution in [-0.4, -0.2) is 56.2 Å². The highest BCUT2D eigenvalue weighted by atomic mass is 16.4. The van der Waals surface area contributed by atoms with Crippen LogP contribution in [0.15, 0.2) is 30.6 Å². The van der Waals surface area contributed by atoms with Crippen molar-refractivity contribution >= 4 is 22.9 Å². The molecule has 0 spiro atoms. The molecule has 1 amide bonds. The number of carboxylic acid groups (broad SMARTS) is 1. The van der Waals surface area contributed by atoms with E-state index in [0.717, 1.165) is 16.6 Å². The number of carbonyl (C=O) groups is 2. The molecule has 0 bridgehead atoms. The van der Waals surface area contributed by atoms with Crippen molar-refractivity contribution in [3.8, 4) is 0 Å². The van der Waals surface area contributed by atoms with Gasteiger partial charge in [0.1, 0.15) is 0 Å². The van der Waals surface area contributed by atoms with Crippen LogP contribution in [0.1, 0.15) is 32.3 Å². The molecular formula is C20H25N3O4. The second-order valence-electron chi connectivity index (χ2n) is 8.08. The fraction of sp³-hybridized carbons (Fsp3) is 0.500.